The molecule has 0 heterocycles. The number of methoxy groups -OCH3 is 1. The van der Waals surface area contributed by atoms with E-state index >= 15 is 0 Å². The Morgan fingerprint density at radius 2 is 1.75 bits per heavy atom. The summed E-state index contributed by atoms with van der Waals surface area (Å²) in [5, 5.41) is 18.7. The standard InChI is InChI=1S/C16H15NO3/c1-11(18)15-8-3-12(10-17)9-16(15)20-14-6-4-13(19-2)5-7-14/h3-9,11,18H,1-2H3/t11-/m0/s1. The minimum absolute atomic E-state index is 0.476. The summed E-state index contributed by atoms with van der Waals surface area (Å²) in [4.78, 5) is 0. The smallest absolute Gasteiger partial charge is 0.134 e. The maximum Gasteiger partial charge on any atom is 0.134 e. The number of benzene rings is 2. The second kappa shape index (κ2) is 6.09. The number of aliphatic hydroxyl groups is 1. The number of rotatable bonds is 4. The van der Waals surface area contributed by atoms with Gasteiger partial charge in [0.1, 0.15) is 17.2 Å². The zero-order valence-corrected chi connectivity index (χ0v) is 11.3. The molecule has 4 heteroatoms. The third-order valence-electron chi connectivity index (χ3n) is 2.88. The number of hydrogen-bond acceptors (Lipinski definition) is 4. The molecular formula is C16H15NO3. The zero-order chi connectivity index (χ0) is 14.5. The van der Waals surface area contributed by atoms with Crippen LogP contribution in [0.2, 0.25) is 0 Å². The van der Waals surface area contributed by atoms with E-state index in [1.54, 1.807) is 56.5 Å². The van der Waals surface area contributed by atoms with E-state index in [4.69, 9.17) is 14.7 Å². The monoisotopic (exact) mass is 269 g/mol. The van der Waals surface area contributed by atoms with Crippen LogP contribution in [0.25, 0.3) is 0 Å². The molecule has 4 nitrogen and oxygen atoms in total. The largest absolute Gasteiger partial charge is 0.497 e. The summed E-state index contributed by atoms with van der Waals surface area (Å²) in [6, 6.07) is 14.1. The summed E-state index contributed by atoms with van der Waals surface area (Å²) in [5.41, 5.74) is 1.12. The third-order valence-corrected chi connectivity index (χ3v) is 2.88. The lowest BCUT2D eigenvalue weighted by molar-refractivity contribution is 0.195. The van der Waals surface area contributed by atoms with Gasteiger partial charge in [0.25, 0.3) is 0 Å². The maximum atomic E-state index is 9.75. The van der Waals surface area contributed by atoms with Crippen LogP contribution in [0.4, 0.5) is 0 Å². The van der Waals surface area contributed by atoms with Gasteiger partial charge in [0, 0.05) is 5.56 Å². The summed E-state index contributed by atoms with van der Waals surface area (Å²) >= 11 is 0. The van der Waals surface area contributed by atoms with Crippen molar-refractivity contribution >= 4 is 0 Å². The van der Waals surface area contributed by atoms with Crippen molar-refractivity contribution < 1.29 is 14.6 Å². The summed E-state index contributed by atoms with van der Waals surface area (Å²) in [5.74, 6) is 1.82. The molecule has 0 aliphatic rings. The molecule has 2 rings (SSSR count). The van der Waals surface area contributed by atoms with E-state index in [2.05, 4.69) is 6.07 Å². The first-order valence-corrected chi connectivity index (χ1v) is 6.18. The molecule has 0 fully saturated rings. The molecule has 0 saturated carbocycles. The lowest BCUT2D eigenvalue weighted by Crippen LogP contribution is -1.97. The lowest BCUT2D eigenvalue weighted by atomic mass is 10.1. The summed E-state index contributed by atoms with van der Waals surface area (Å²) < 4.78 is 10.8. The highest BCUT2D eigenvalue weighted by atomic mass is 16.5. The van der Waals surface area contributed by atoms with Gasteiger partial charge in [-0.15, -0.1) is 0 Å². The van der Waals surface area contributed by atoms with Crippen molar-refractivity contribution in [1.82, 2.24) is 0 Å². The van der Waals surface area contributed by atoms with Gasteiger partial charge in [-0.25, -0.2) is 0 Å². The molecule has 0 spiro atoms. The molecule has 0 aliphatic carbocycles. The van der Waals surface area contributed by atoms with Crippen LogP contribution in [-0.2, 0) is 0 Å². The summed E-state index contributed by atoms with van der Waals surface area (Å²) in [6.45, 7) is 1.66. The minimum atomic E-state index is -0.670. The van der Waals surface area contributed by atoms with Crippen LogP contribution in [0.15, 0.2) is 42.5 Å². The Labute approximate surface area is 117 Å². The molecule has 0 saturated heterocycles. The minimum Gasteiger partial charge on any atom is -0.497 e. The molecule has 0 amide bonds. The SMILES string of the molecule is COc1ccc(Oc2cc(C#N)ccc2[C@H](C)O)cc1. The molecule has 102 valence electrons. The van der Waals surface area contributed by atoms with Crippen LogP contribution in [-0.4, -0.2) is 12.2 Å². The molecule has 0 unspecified atom stereocenters. The fraction of sp³-hybridized carbons (Fsp3) is 0.188. The van der Waals surface area contributed by atoms with E-state index in [1.165, 1.54) is 0 Å². The highest BCUT2D eigenvalue weighted by molar-refractivity contribution is 5.46. The Hall–Kier alpha value is -2.51. The van der Waals surface area contributed by atoms with Crippen LogP contribution in [0.3, 0.4) is 0 Å². The van der Waals surface area contributed by atoms with Crippen molar-refractivity contribution in [3.8, 4) is 23.3 Å². The van der Waals surface area contributed by atoms with Gasteiger partial charge in [-0.05, 0) is 43.3 Å². The van der Waals surface area contributed by atoms with Crippen LogP contribution < -0.4 is 9.47 Å². The second-order valence-electron chi connectivity index (χ2n) is 4.32. The molecule has 1 N–H and O–H groups in total. The number of aliphatic hydroxyl groups excluding tert-OH is 1. The molecule has 0 bridgehead atoms. The van der Waals surface area contributed by atoms with Crippen molar-refractivity contribution in [1.29, 1.82) is 5.26 Å². The van der Waals surface area contributed by atoms with Gasteiger partial charge in [0.05, 0.1) is 24.8 Å². The lowest BCUT2D eigenvalue weighted by Gasteiger charge is -2.13. The Morgan fingerprint density at radius 1 is 1.10 bits per heavy atom. The van der Waals surface area contributed by atoms with E-state index in [1.807, 2.05) is 0 Å². The van der Waals surface area contributed by atoms with Crippen molar-refractivity contribution in [3.63, 3.8) is 0 Å². The summed E-state index contributed by atoms with van der Waals surface area (Å²) in [7, 11) is 1.60. The molecule has 2 aromatic rings. The summed E-state index contributed by atoms with van der Waals surface area (Å²) in [6.07, 6.45) is -0.670. The van der Waals surface area contributed by atoms with Crippen LogP contribution in [0.1, 0.15) is 24.2 Å². The Bertz CT molecular complexity index is 627. The molecule has 2 aromatic carbocycles. The van der Waals surface area contributed by atoms with Crippen LogP contribution in [0.5, 0.6) is 17.2 Å². The maximum absolute atomic E-state index is 9.75. The topological polar surface area (TPSA) is 62.5 Å². The van der Waals surface area contributed by atoms with Gasteiger partial charge < -0.3 is 14.6 Å². The van der Waals surface area contributed by atoms with E-state index in [0.717, 1.165) is 5.75 Å². The number of nitrogens with zero attached hydrogens (tertiary/aromatic N) is 1. The first-order valence-electron chi connectivity index (χ1n) is 6.18. The van der Waals surface area contributed by atoms with E-state index in [9.17, 15) is 5.11 Å². The first-order chi connectivity index (χ1) is 9.63. The average molecular weight is 269 g/mol. The van der Waals surface area contributed by atoms with Gasteiger partial charge in [-0.3, -0.25) is 0 Å². The van der Waals surface area contributed by atoms with E-state index < -0.39 is 6.10 Å². The van der Waals surface area contributed by atoms with E-state index in [-0.39, 0.29) is 0 Å². The quantitative estimate of drug-likeness (QED) is 0.923. The van der Waals surface area contributed by atoms with Crippen LogP contribution >= 0.6 is 0 Å². The third kappa shape index (κ3) is 3.08. The molecule has 20 heavy (non-hydrogen) atoms. The van der Waals surface area contributed by atoms with Crippen molar-refractivity contribution in [2.75, 3.05) is 7.11 Å². The van der Waals surface area contributed by atoms with Gasteiger partial charge in [-0.2, -0.15) is 5.26 Å². The van der Waals surface area contributed by atoms with Gasteiger partial charge >= 0.3 is 0 Å². The number of ether oxygens (including phenoxy) is 2. The molecule has 0 radical (unpaired) electrons. The fourth-order valence-corrected chi connectivity index (χ4v) is 1.81. The number of hydrogen-bond donors (Lipinski definition) is 1. The predicted octanol–water partition coefficient (Wildman–Crippen LogP) is 3.41. The van der Waals surface area contributed by atoms with Crippen molar-refractivity contribution in [2.45, 2.75) is 13.0 Å². The first kappa shape index (κ1) is 13.9. The van der Waals surface area contributed by atoms with Crippen LogP contribution in [0, 0.1) is 11.3 Å². The Morgan fingerprint density at radius 3 is 2.30 bits per heavy atom. The van der Waals surface area contributed by atoms with Gasteiger partial charge in [0.15, 0.2) is 0 Å². The normalized spacial score (nSPS) is 11.5. The van der Waals surface area contributed by atoms with E-state index in [0.29, 0.717) is 22.6 Å². The molecule has 1 atom stereocenters. The molecule has 0 aromatic heterocycles. The molecule has 0 aliphatic heterocycles. The molecular weight excluding hydrogens is 254 g/mol. The number of nitriles is 1. The Balaban J connectivity index is 2.33. The average Bonchev–Trinajstić information content (AvgIpc) is 2.47. The van der Waals surface area contributed by atoms with Gasteiger partial charge in [0.2, 0.25) is 0 Å². The Kier molecular flexibility index (Phi) is 4.24. The zero-order valence-electron chi connectivity index (χ0n) is 11.3. The van der Waals surface area contributed by atoms with Crippen molar-refractivity contribution in [3.05, 3.63) is 53.6 Å². The predicted molar refractivity (Wildman–Crippen MR) is 74.9 cm³/mol. The fourth-order valence-electron chi connectivity index (χ4n) is 1.81. The van der Waals surface area contributed by atoms with Gasteiger partial charge in [-0.1, -0.05) is 6.07 Å². The highest BCUT2D eigenvalue weighted by Gasteiger charge is 2.11. The van der Waals surface area contributed by atoms with Crippen molar-refractivity contribution in [2.24, 2.45) is 0 Å². The highest BCUT2D eigenvalue weighted by Crippen LogP contribution is 2.31. The second-order valence-corrected chi connectivity index (χ2v) is 4.32.